The molecule has 0 saturated carbocycles. The Kier molecular flexibility index (Phi) is 5.65. The number of benzene rings is 2. The molecule has 24 heavy (non-hydrogen) atoms. The van der Waals surface area contributed by atoms with Crippen LogP contribution in [0.5, 0.6) is 0 Å². The Morgan fingerprint density at radius 3 is 2.42 bits per heavy atom. The van der Waals surface area contributed by atoms with Gasteiger partial charge in [0.15, 0.2) is 5.78 Å². The van der Waals surface area contributed by atoms with E-state index in [1.54, 1.807) is 31.2 Å². The number of ketones is 1. The lowest BCUT2D eigenvalue weighted by atomic mass is 10.0. The highest BCUT2D eigenvalue weighted by molar-refractivity contribution is 5.96. The molecule has 2 atom stereocenters. The normalized spacial score (nSPS) is 13.0. The number of amides is 2. The van der Waals surface area contributed by atoms with Crippen LogP contribution >= 0.6 is 0 Å². The van der Waals surface area contributed by atoms with Gasteiger partial charge in [0.05, 0.1) is 12.1 Å². The van der Waals surface area contributed by atoms with Crippen molar-refractivity contribution in [2.75, 3.05) is 5.32 Å². The molecule has 0 fully saturated rings. The third-order valence-electron chi connectivity index (χ3n) is 3.57. The highest BCUT2D eigenvalue weighted by Crippen LogP contribution is 2.17. The number of urea groups is 1. The summed E-state index contributed by atoms with van der Waals surface area (Å²) in [5.41, 5.74) is 1.47. The lowest BCUT2D eigenvalue weighted by molar-refractivity contribution is 0.101. The number of carbonyl (C=O) groups is 2. The van der Waals surface area contributed by atoms with Gasteiger partial charge >= 0.3 is 6.03 Å². The molecule has 0 aliphatic rings. The molecule has 2 aromatic rings. The molecule has 3 N–H and O–H groups in total. The smallest absolute Gasteiger partial charge is 0.319 e. The second kappa shape index (κ2) is 7.70. The molecule has 0 aliphatic heterocycles. The van der Waals surface area contributed by atoms with E-state index in [-0.39, 0.29) is 5.78 Å². The molecule has 0 heterocycles. The number of halogens is 1. The summed E-state index contributed by atoms with van der Waals surface area (Å²) < 4.78 is 12.9. The van der Waals surface area contributed by atoms with E-state index in [1.807, 2.05) is 0 Å². The molecule has 2 rings (SSSR count). The van der Waals surface area contributed by atoms with E-state index in [0.717, 1.165) is 0 Å². The van der Waals surface area contributed by atoms with Crippen LogP contribution in [-0.4, -0.2) is 23.0 Å². The zero-order chi connectivity index (χ0) is 17.7. The molecule has 2 aromatic carbocycles. The van der Waals surface area contributed by atoms with Gasteiger partial charge in [-0.05, 0) is 43.7 Å². The van der Waals surface area contributed by atoms with Crippen LogP contribution in [0.4, 0.5) is 14.9 Å². The minimum atomic E-state index is -0.972. The van der Waals surface area contributed by atoms with E-state index in [9.17, 15) is 19.1 Å². The van der Waals surface area contributed by atoms with Gasteiger partial charge < -0.3 is 15.7 Å². The summed E-state index contributed by atoms with van der Waals surface area (Å²) in [5, 5.41) is 15.4. The third-order valence-corrected chi connectivity index (χ3v) is 3.57. The molecule has 0 aromatic heterocycles. The van der Waals surface area contributed by atoms with Crippen LogP contribution in [0.1, 0.15) is 35.9 Å². The Labute approximate surface area is 139 Å². The SMILES string of the molecule is CC(=O)c1cccc(NC(=O)NC(C)C(O)c2ccc(F)cc2)c1. The van der Waals surface area contributed by atoms with Crippen molar-refractivity contribution >= 4 is 17.5 Å². The zero-order valence-electron chi connectivity index (χ0n) is 13.4. The average molecular weight is 330 g/mol. The molecule has 0 radical (unpaired) electrons. The van der Waals surface area contributed by atoms with E-state index in [1.165, 1.54) is 31.2 Å². The molecule has 0 saturated heterocycles. The predicted octanol–water partition coefficient (Wildman–Crippen LogP) is 3.27. The maximum Gasteiger partial charge on any atom is 0.319 e. The van der Waals surface area contributed by atoms with Gasteiger partial charge in [-0.2, -0.15) is 0 Å². The van der Waals surface area contributed by atoms with E-state index < -0.39 is 24.0 Å². The molecular weight excluding hydrogens is 311 g/mol. The minimum absolute atomic E-state index is 0.0980. The second-order valence-electron chi connectivity index (χ2n) is 5.52. The van der Waals surface area contributed by atoms with Crippen molar-refractivity contribution in [3.8, 4) is 0 Å². The Morgan fingerprint density at radius 1 is 1.12 bits per heavy atom. The van der Waals surface area contributed by atoms with E-state index in [4.69, 9.17) is 0 Å². The molecular formula is C18H19FN2O3. The van der Waals surface area contributed by atoms with E-state index in [2.05, 4.69) is 10.6 Å². The van der Waals surface area contributed by atoms with Crippen LogP contribution in [0, 0.1) is 5.82 Å². The Balaban J connectivity index is 1.97. The van der Waals surface area contributed by atoms with Gasteiger partial charge in [0, 0.05) is 11.3 Å². The van der Waals surface area contributed by atoms with Crippen LogP contribution in [0.15, 0.2) is 48.5 Å². The van der Waals surface area contributed by atoms with Crippen LogP contribution < -0.4 is 10.6 Å². The third kappa shape index (κ3) is 4.63. The molecule has 6 heteroatoms. The van der Waals surface area contributed by atoms with Gasteiger partial charge in [-0.3, -0.25) is 4.79 Å². The van der Waals surface area contributed by atoms with Crippen molar-refractivity contribution in [2.45, 2.75) is 26.0 Å². The number of hydrogen-bond donors (Lipinski definition) is 3. The molecule has 0 aliphatic carbocycles. The van der Waals surface area contributed by atoms with Gasteiger partial charge in [-0.25, -0.2) is 9.18 Å². The van der Waals surface area contributed by atoms with Crippen molar-refractivity contribution in [3.63, 3.8) is 0 Å². The molecule has 2 unspecified atom stereocenters. The quantitative estimate of drug-likeness (QED) is 0.736. The number of anilines is 1. The summed E-state index contributed by atoms with van der Waals surface area (Å²) in [5.74, 6) is -0.492. The van der Waals surface area contributed by atoms with Gasteiger partial charge in [0.2, 0.25) is 0 Å². The van der Waals surface area contributed by atoms with Crippen molar-refractivity contribution < 1.29 is 19.1 Å². The molecule has 5 nitrogen and oxygen atoms in total. The van der Waals surface area contributed by atoms with Crippen LogP contribution in [0.2, 0.25) is 0 Å². The van der Waals surface area contributed by atoms with Crippen molar-refractivity contribution in [1.29, 1.82) is 0 Å². The summed E-state index contributed by atoms with van der Waals surface area (Å²) in [6.45, 7) is 3.08. The summed E-state index contributed by atoms with van der Waals surface area (Å²) in [6, 6.07) is 10.9. The Morgan fingerprint density at radius 2 is 1.79 bits per heavy atom. The van der Waals surface area contributed by atoms with Crippen LogP contribution in [0.3, 0.4) is 0 Å². The molecule has 2 amide bonds. The number of Topliss-reactive ketones (excluding diaryl/α,β-unsaturated/α-hetero) is 1. The van der Waals surface area contributed by atoms with Gasteiger partial charge in [0.1, 0.15) is 5.82 Å². The number of nitrogens with one attached hydrogen (secondary N) is 2. The number of carbonyl (C=O) groups excluding carboxylic acids is 2. The van der Waals surface area contributed by atoms with Crippen molar-refractivity contribution in [1.82, 2.24) is 5.32 Å². The van der Waals surface area contributed by atoms with Crippen molar-refractivity contribution in [2.24, 2.45) is 0 Å². The first-order chi connectivity index (χ1) is 11.4. The fraction of sp³-hybridized carbons (Fsp3) is 0.222. The minimum Gasteiger partial charge on any atom is -0.386 e. The standard InChI is InChI=1S/C18H19FN2O3/c1-11(17(23)13-6-8-15(19)9-7-13)20-18(24)21-16-5-3-4-14(10-16)12(2)22/h3-11,17,23H,1-2H3,(H2,20,21,24). The van der Waals surface area contributed by atoms with Gasteiger partial charge in [-0.15, -0.1) is 0 Å². The lowest BCUT2D eigenvalue weighted by Gasteiger charge is -2.21. The summed E-state index contributed by atoms with van der Waals surface area (Å²) >= 11 is 0. The first kappa shape index (κ1) is 17.6. The summed E-state index contributed by atoms with van der Waals surface area (Å²) in [4.78, 5) is 23.4. The molecule has 0 bridgehead atoms. The van der Waals surface area contributed by atoms with Gasteiger partial charge in [0.25, 0.3) is 0 Å². The lowest BCUT2D eigenvalue weighted by Crippen LogP contribution is -2.39. The summed E-state index contributed by atoms with van der Waals surface area (Å²) in [7, 11) is 0. The van der Waals surface area contributed by atoms with Crippen LogP contribution in [0.25, 0.3) is 0 Å². The fourth-order valence-electron chi connectivity index (χ4n) is 2.22. The van der Waals surface area contributed by atoms with Crippen LogP contribution in [-0.2, 0) is 0 Å². The van der Waals surface area contributed by atoms with Crippen molar-refractivity contribution in [3.05, 3.63) is 65.5 Å². The van der Waals surface area contributed by atoms with Gasteiger partial charge in [-0.1, -0.05) is 24.3 Å². The predicted molar refractivity (Wildman–Crippen MR) is 89.4 cm³/mol. The highest BCUT2D eigenvalue weighted by Gasteiger charge is 2.18. The number of hydrogen-bond acceptors (Lipinski definition) is 3. The maximum absolute atomic E-state index is 12.9. The number of rotatable bonds is 5. The van der Waals surface area contributed by atoms with E-state index >= 15 is 0 Å². The topological polar surface area (TPSA) is 78.4 Å². The fourth-order valence-corrected chi connectivity index (χ4v) is 2.22. The van der Waals surface area contributed by atoms with E-state index in [0.29, 0.717) is 16.8 Å². The summed E-state index contributed by atoms with van der Waals surface area (Å²) in [6.07, 6.45) is -0.972. The first-order valence-electron chi connectivity index (χ1n) is 7.49. The average Bonchev–Trinajstić information content (AvgIpc) is 2.55. The maximum atomic E-state index is 12.9. The molecule has 126 valence electrons. The largest absolute Gasteiger partial charge is 0.386 e. The molecule has 0 spiro atoms. The Hall–Kier alpha value is -2.73. The highest BCUT2D eigenvalue weighted by atomic mass is 19.1. The zero-order valence-corrected chi connectivity index (χ0v) is 13.4. The number of aliphatic hydroxyl groups is 1. The number of aliphatic hydroxyl groups excluding tert-OH is 1. The monoisotopic (exact) mass is 330 g/mol. The Bertz CT molecular complexity index is 731. The second-order valence-corrected chi connectivity index (χ2v) is 5.52. The first-order valence-corrected chi connectivity index (χ1v) is 7.49.